The summed E-state index contributed by atoms with van der Waals surface area (Å²) in [5, 5.41) is 9.20. The predicted octanol–water partition coefficient (Wildman–Crippen LogP) is 1.89. The maximum atomic E-state index is 12.4. The largest absolute Gasteiger partial charge is 0.481 e. The zero-order valence-electron chi connectivity index (χ0n) is 10.4. The molecule has 0 bridgehead atoms. The van der Waals surface area contributed by atoms with Gasteiger partial charge in [-0.25, -0.2) is 0 Å². The van der Waals surface area contributed by atoms with Gasteiger partial charge >= 0.3 is 5.97 Å². The second-order valence-electron chi connectivity index (χ2n) is 5.36. The average Bonchev–Trinajstić information content (AvgIpc) is 2.74. The molecule has 1 N–H and O–H groups in total. The van der Waals surface area contributed by atoms with E-state index in [1.807, 2.05) is 4.90 Å². The van der Waals surface area contributed by atoms with Crippen molar-refractivity contribution in [2.24, 2.45) is 11.8 Å². The van der Waals surface area contributed by atoms with Crippen LogP contribution >= 0.6 is 0 Å². The Kier molecular flexibility index (Phi) is 3.69. The molecule has 2 aliphatic rings. The number of carbonyl (C=O) groups is 2. The van der Waals surface area contributed by atoms with E-state index in [0.717, 1.165) is 38.6 Å². The summed E-state index contributed by atoms with van der Waals surface area (Å²) in [6, 6.07) is 0.291. The Morgan fingerprint density at radius 2 is 1.71 bits per heavy atom. The van der Waals surface area contributed by atoms with Crippen LogP contribution in [-0.2, 0) is 9.59 Å². The third kappa shape index (κ3) is 2.45. The Bertz CT molecular complexity index is 316. The Morgan fingerprint density at radius 3 is 2.24 bits per heavy atom. The number of hydrogen-bond donors (Lipinski definition) is 1. The molecular weight excluding hydrogens is 218 g/mol. The van der Waals surface area contributed by atoms with Crippen LogP contribution in [0.5, 0.6) is 0 Å². The molecule has 1 saturated carbocycles. The molecule has 2 fully saturated rings. The van der Waals surface area contributed by atoms with Crippen molar-refractivity contribution in [1.29, 1.82) is 0 Å². The van der Waals surface area contributed by atoms with Gasteiger partial charge < -0.3 is 10.0 Å². The van der Waals surface area contributed by atoms with Crippen molar-refractivity contribution in [3.63, 3.8) is 0 Å². The first-order valence-corrected chi connectivity index (χ1v) is 6.64. The SMILES string of the molecule is CC1CCCN1C(=O)[C@@H]1CCCC[C@@H]1C(=O)O. The van der Waals surface area contributed by atoms with Gasteiger partial charge in [-0.15, -0.1) is 0 Å². The molecule has 0 radical (unpaired) electrons. The van der Waals surface area contributed by atoms with Gasteiger partial charge in [-0.3, -0.25) is 9.59 Å². The van der Waals surface area contributed by atoms with Crippen LogP contribution in [-0.4, -0.2) is 34.5 Å². The molecule has 0 aromatic rings. The summed E-state index contributed by atoms with van der Waals surface area (Å²) in [6.45, 7) is 2.87. The van der Waals surface area contributed by atoms with Crippen LogP contribution in [0.3, 0.4) is 0 Å². The van der Waals surface area contributed by atoms with E-state index in [4.69, 9.17) is 0 Å². The van der Waals surface area contributed by atoms with Gasteiger partial charge in [0.1, 0.15) is 0 Å². The monoisotopic (exact) mass is 239 g/mol. The Hall–Kier alpha value is -1.06. The number of carboxylic acids is 1. The lowest BCUT2D eigenvalue weighted by Crippen LogP contribution is -2.43. The number of likely N-dealkylation sites (tertiary alicyclic amines) is 1. The lowest BCUT2D eigenvalue weighted by Gasteiger charge is -2.32. The molecule has 4 heteroatoms. The highest BCUT2D eigenvalue weighted by Gasteiger charge is 2.39. The van der Waals surface area contributed by atoms with Crippen molar-refractivity contribution < 1.29 is 14.7 Å². The fraction of sp³-hybridized carbons (Fsp3) is 0.846. The van der Waals surface area contributed by atoms with Gasteiger partial charge in [0.05, 0.1) is 11.8 Å². The van der Waals surface area contributed by atoms with E-state index in [1.54, 1.807) is 0 Å². The van der Waals surface area contributed by atoms with Gasteiger partial charge in [0, 0.05) is 12.6 Å². The molecule has 0 spiro atoms. The number of rotatable bonds is 2. The fourth-order valence-electron chi connectivity index (χ4n) is 3.20. The maximum Gasteiger partial charge on any atom is 0.307 e. The lowest BCUT2D eigenvalue weighted by atomic mass is 9.78. The maximum absolute atomic E-state index is 12.4. The van der Waals surface area contributed by atoms with Crippen LogP contribution in [0.2, 0.25) is 0 Å². The number of amides is 1. The van der Waals surface area contributed by atoms with Crippen LogP contribution in [0.4, 0.5) is 0 Å². The molecule has 17 heavy (non-hydrogen) atoms. The number of aliphatic carboxylic acids is 1. The fourth-order valence-corrected chi connectivity index (χ4v) is 3.20. The standard InChI is InChI=1S/C13H21NO3/c1-9-5-4-8-14(9)12(15)10-6-2-3-7-11(10)13(16)17/h9-11H,2-8H2,1H3,(H,16,17)/t9?,10-,11+/m1/s1. The molecule has 1 saturated heterocycles. The topological polar surface area (TPSA) is 57.6 Å². The third-order valence-electron chi connectivity index (χ3n) is 4.24. The minimum atomic E-state index is -0.796. The number of carbonyl (C=O) groups excluding carboxylic acids is 1. The van der Waals surface area contributed by atoms with Crippen LogP contribution in [0, 0.1) is 11.8 Å². The molecule has 1 unspecified atom stereocenters. The average molecular weight is 239 g/mol. The molecular formula is C13H21NO3. The number of nitrogens with zero attached hydrogens (tertiary/aromatic N) is 1. The van der Waals surface area contributed by atoms with E-state index >= 15 is 0 Å². The van der Waals surface area contributed by atoms with Crippen molar-refractivity contribution in [1.82, 2.24) is 4.90 Å². The first kappa shape index (κ1) is 12.4. The van der Waals surface area contributed by atoms with Crippen LogP contribution in [0.1, 0.15) is 45.4 Å². The molecule has 1 aliphatic carbocycles. The molecule has 96 valence electrons. The van der Waals surface area contributed by atoms with Crippen molar-refractivity contribution in [3.8, 4) is 0 Å². The summed E-state index contributed by atoms with van der Waals surface area (Å²) < 4.78 is 0. The van der Waals surface area contributed by atoms with E-state index in [9.17, 15) is 14.7 Å². The van der Waals surface area contributed by atoms with Crippen LogP contribution in [0.15, 0.2) is 0 Å². The molecule has 1 heterocycles. The van der Waals surface area contributed by atoms with Crippen molar-refractivity contribution in [2.45, 2.75) is 51.5 Å². The molecule has 1 aliphatic heterocycles. The second-order valence-corrected chi connectivity index (χ2v) is 5.36. The molecule has 0 aromatic heterocycles. The number of carboxylic acid groups (broad SMARTS) is 1. The summed E-state index contributed by atoms with van der Waals surface area (Å²) >= 11 is 0. The van der Waals surface area contributed by atoms with Gasteiger partial charge in [-0.05, 0) is 32.6 Å². The number of hydrogen-bond acceptors (Lipinski definition) is 2. The van der Waals surface area contributed by atoms with Crippen molar-refractivity contribution in [3.05, 3.63) is 0 Å². The lowest BCUT2D eigenvalue weighted by molar-refractivity contribution is -0.152. The van der Waals surface area contributed by atoms with E-state index in [-0.39, 0.29) is 11.8 Å². The molecule has 4 nitrogen and oxygen atoms in total. The summed E-state index contributed by atoms with van der Waals surface area (Å²) in [5.74, 6) is -1.44. The summed E-state index contributed by atoms with van der Waals surface area (Å²) in [6.07, 6.45) is 5.44. The zero-order valence-corrected chi connectivity index (χ0v) is 10.4. The van der Waals surface area contributed by atoms with E-state index < -0.39 is 11.9 Å². The Balaban J connectivity index is 2.08. The smallest absolute Gasteiger partial charge is 0.307 e. The van der Waals surface area contributed by atoms with Gasteiger partial charge in [0.25, 0.3) is 0 Å². The Labute approximate surface area is 102 Å². The third-order valence-corrected chi connectivity index (χ3v) is 4.24. The Morgan fingerprint density at radius 1 is 1.06 bits per heavy atom. The summed E-state index contributed by atoms with van der Waals surface area (Å²) in [4.78, 5) is 25.5. The highest BCUT2D eigenvalue weighted by Crippen LogP contribution is 2.33. The van der Waals surface area contributed by atoms with E-state index in [0.29, 0.717) is 12.5 Å². The predicted molar refractivity (Wildman–Crippen MR) is 63.5 cm³/mol. The first-order valence-electron chi connectivity index (χ1n) is 6.64. The second kappa shape index (κ2) is 5.07. The minimum Gasteiger partial charge on any atom is -0.481 e. The highest BCUT2D eigenvalue weighted by atomic mass is 16.4. The van der Waals surface area contributed by atoms with Crippen molar-refractivity contribution in [2.75, 3.05) is 6.54 Å². The molecule has 3 atom stereocenters. The van der Waals surface area contributed by atoms with Crippen LogP contribution < -0.4 is 0 Å². The van der Waals surface area contributed by atoms with Gasteiger partial charge in [0.2, 0.25) is 5.91 Å². The van der Waals surface area contributed by atoms with E-state index in [1.165, 1.54) is 0 Å². The van der Waals surface area contributed by atoms with Crippen molar-refractivity contribution >= 4 is 11.9 Å². The van der Waals surface area contributed by atoms with E-state index in [2.05, 4.69) is 6.92 Å². The zero-order chi connectivity index (χ0) is 12.4. The molecule has 1 amide bonds. The molecule has 0 aromatic carbocycles. The summed E-state index contributed by atoms with van der Waals surface area (Å²) in [5.41, 5.74) is 0. The quantitative estimate of drug-likeness (QED) is 0.800. The minimum absolute atomic E-state index is 0.0853. The van der Waals surface area contributed by atoms with Gasteiger partial charge in [-0.2, -0.15) is 0 Å². The highest BCUT2D eigenvalue weighted by molar-refractivity contribution is 5.85. The molecule has 2 rings (SSSR count). The normalized spacial score (nSPS) is 33.7. The van der Waals surface area contributed by atoms with Crippen LogP contribution in [0.25, 0.3) is 0 Å². The van der Waals surface area contributed by atoms with Gasteiger partial charge in [-0.1, -0.05) is 12.8 Å². The first-order chi connectivity index (χ1) is 8.11. The summed E-state index contributed by atoms with van der Waals surface area (Å²) in [7, 11) is 0. The van der Waals surface area contributed by atoms with Gasteiger partial charge in [0.15, 0.2) is 0 Å².